The first-order chi connectivity index (χ1) is 21.7. The van der Waals surface area contributed by atoms with E-state index in [1.807, 2.05) is 13.0 Å². The van der Waals surface area contributed by atoms with Gasteiger partial charge in [0.15, 0.2) is 0 Å². The summed E-state index contributed by atoms with van der Waals surface area (Å²) >= 11 is 12.6. The van der Waals surface area contributed by atoms with Gasteiger partial charge in [0.2, 0.25) is 11.8 Å². The number of hydrogen-bond acceptors (Lipinski definition) is 6. The van der Waals surface area contributed by atoms with Gasteiger partial charge in [0.1, 0.15) is 5.82 Å². The number of rotatable bonds is 6. The minimum atomic E-state index is -4.40. The molecule has 0 aromatic heterocycles. The molecular weight excluding hydrogens is 669 g/mol. The highest BCUT2D eigenvalue weighted by atomic mass is 35.5. The highest BCUT2D eigenvalue weighted by Gasteiger charge is 2.36. The number of carbonyl (C=O) groups is 3. The van der Waals surface area contributed by atoms with Crippen LogP contribution in [-0.4, -0.2) is 113 Å². The number of anilines is 1. The quantitative estimate of drug-likeness (QED) is 0.385. The molecule has 1 N–H and O–H groups in total. The molecule has 2 aromatic rings. The van der Waals surface area contributed by atoms with Crippen molar-refractivity contribution in [3.8, 4) is 0 Å². The summed E-state index contributed by atoms with van der Waals surface area (Å²) in [5.41, 5.74) is -2.47. The van der Waals surface area contributed by atoms with Crippen molar-refractivity contribution in [2.24, 2.45) is 0 Å². The first kappa shape index (κ1) is 36.1. The van der Waals surface area contributed by atoms with E-state index in [9.17, 15) is 31.9 Å². The van der Waals surface area contributed by atoms with Crippen LogP contribution in [0.4, 0.5) is 23.2 Å². The molecule has 0 aliphatic carbocycles. The summed E-state index contributed by atoms with van der Waals surface area (Å²) in [6, 6.07) is 10.3. The zero-order valence-corrected chi connectivity index (χ0v) is 27.9. The van der Waals surface area contributed by atoms with Gasteiger partial charge in [-0.3, -0.25) is 19.3 Å². The van der Waals surface area contributed by atoms with E-state index in [1.54, 1.807) is 28.0 Å². The Balaban J connectivity index is 0.000000523. The molecule has 3 saturated heterocycles. The van der Waals surface area contributed by atoms with Crippen molar-refractivity contribution in [2.75, 3.05) is 63.4 Å². The number of likely N-dealkylation sites (tertiary alicyclic amines) is 2. The Morgan fingerprint density at radius 3 is 2.00 bits per heavy atom. The molecular formula is C31H37Cl2F4N5O3S. The van der Waals surface area contributed by atoms with Crippen LogP contribution in [0, 0.1) is 12.7 Å². The summed E-state index contributed by atoms with van der Waals surface area (Å²) in [6.07, 6.45) is 1.45. The van der Waals surface area contributed by atoms with Crippen molar-refractivity contribution in [3.63, 3.8) is 0 Å². The Morgan fingerprint density at radius 2 is 1.50 bits per heavy atom. The molecule has 3 fully saturated rings. The average Bonchev–Trinajstić information content (AvgIpc) is 2.97. The second-order valence-corrected chi connectivity index (χ2v) is 13.4. The molecule has 0 bridgehead atoms. The molecule has 0 unspecified atom stereocenters. The summed E-state index contributed by atoms with van der Waals surface area (Å²) in [6.45, 7) is 7.63. The lowest BCUT2D eigenvalue weighted by molar-refractivity contribution is -0.131. The van der Waals surface area contributed by atoms with E-state index in [-0.39, 0.29) is 57.1 Å². The van der Waals surface area contributed by atoms with Gasteiger partial charge in [0.25, 0.3) is 5.91 Å². The van der Waals surface area contributed by atoms with Crippen molar-refractivity contribution in [1.29, 1.82) is 0 Å². The predicted molar refractivity (Wildman–Crippen MR) is 173 cm³/mol. The molecule has 15 heteroatoms. The third kappa shape index (κ3) is 10.1. The van der Waals surface area contributed by atoms with Crippen LogP contribution in [0.1, 0.15) is 35.7 Å². The molecule has 252 valence electrons. The fraction of sp³-hybridized carbons (Fsp3) is 0.516. The lowest BCUT2D eigenvalue weighted by Crippen LogP contribution is -2.60. The predicted octanol–water partition coefficient (Wildman–Crippen LogP) is 5.77. The van der Waals surface area contributed by atoms with Crippen LogP contribution in [0.3, 0.4) is 0 Å². The Kier molecular flexibility index (Phi) is 12.5. The number of nitrogens with one attached hydrogen (secondary N) is 1. The second-order valence-electron chi connectivity index (χ2n) is 11.6. The van der Waals surface area contributed by atoms with E-state index < -0.39 is 17.2 Å². The van der Waals surface area contributed by atoms with Gasteiger partial charge in [0.05, 0.1) is 27.4 Å². The number of thioether (sulfide) groups is 1. The van der Waals surface area contributed by atoms with Crippen molar-refractivity contribution in [1.82, 2.24) is 19.6 Å². The molecule has 3 amide bonds. The van der Waals surface area contributed by atoms with Gasteiger partial charge in [-0.15, -0.1) is 0 Å². The number of halogens is 6. The minimum Gasteiger partial charge on any atom is -0.380 e. The molecule has 0 atom stereocenters. The number of piperazine rings is 1. The highest BCUT2D eigenvalue weighted by molar-refractivity contribution is 8.00. The zero-order valence-electron chi connectivity index (χ0n) is 25.6. The fourth-order valence-corrected chi connectivity index (χ4v) is 6.82. The van der Waals surface area contributed by atoms with E-state index in [1.165, 1.54) is 24.0 Å². The Labute approximate surface area is 280 Å². The van der Waals surface area contributed by atoms with Gasteiger partial charge in [0, 0.05) is 71.0 Å². The molecule has 3 aliphatic rings. The summed E-state index contributed by atoms with van der Waals surface area (Å²) in [4.78, 5) is 43.8. The van der Waals surface area contributed by atoms with E-state index in [0.29, 0.717) is 45.0 Å². The number of benzene rings is 2. The second kappa shape index (κ2) is 15.9. The minimum absolute atomic E-state index is 0.0160. The Bertz CT molecular complexity index is 1360. The van der Waals surface area contributed by atoms with E-state index in [2.05, 4.69) is 10.2 Å². The normalized spacial score (nSPS) is 18.0. The summed E-state index contributed by atoms with van der Waals surface area (Å²) in [7, 11) is 0. The smallest absolute Gasteiger partial charge is 0.380 e. The number of hydrogen-bond donors (Lipinski definition) is 1. The van der Waals surface area contributed by atoms with Crippen molar-refractivity contribution in [3.05, 3.63) is 63.4 Å². The summed E-state index contributed by atoms with van der Waals surface area (Å²) in [5.74, 6) is -1.48. The topological polar surface area (TPSA) is 76.2 Å². The first-order valence-electron chi connectivity index (χ1n) is 14.9. The monoisotopic (exact) mass is 705 g/mol. The molecule has 8 nitrogen and oxygen atoms in total. The number of nitrogens with zero attached hydrogens (tertiary/aromatic N) is 4. The molecule has 5 rings (SSSR count). The number of amides is 3. The SMILES string of the molecule is CC(=O)N1CCN(C(=O)c2c(Cl)cc(NC3CN(C4CCN(C(=O)CSC(F)(F)F)CC4)C3)cc2Cl)CC1.Cc1cccc(F)c1. The number of aryl methyl sites for hydroxylation is 1. The van der Waals surface area contributed by atoms with Crippen LogP contribution >= 0.6 is 35.0 Å². The molecule has 2 aromatic carbocycles. The third-order valence-corrected chi connectivity index (χ3v) is 9.54. The highest BCUT2D eigenvalue weighted by Crippen LogP contribution is 2.33. The average molecular weight is 707 g/mol. The van der Waals surface area contributed by atoms with E-state index >= 15 is 0 Å². The molecule has 3 heterocycles. The van der Waals surface area contributed by atoms with Crippen LogP contribution in [0.15, 0.2) is 36.4 Å². The molecule has 0 spiro atoms. The maximum atomic E-state index is 13.0. The van der Waals surface area contributed by atoms with Crippen LogP contribution in [0.2, 0.25) is 10.0 Å². The van der Waals surface area contributed by atoms with Crippen molar-refractivity contribution in [2.45, 2.75) is 44.3 Å². The molecule has 0 radical (unpaired) electrons. The van der Waals surface area contributed by atoms with Gasteiger partial charge in [-0.05, 0) is 61.4 Å². The van der Waals surface area contributed by atoms with Crippen molar-refractivity contribution < 1.29 is 31.9 Å². The number of alkyl halides is 3. The molecule has 0 saturated carbocycles. The molecule has 3 aliphatic heterocycles. The summed E-state index contributed by atoms with van der Waals surface area (Å²) < 4.78 is 49.2. The van der Waals surface area contributed by atoms with Crippen LogP contribution in [-0.2, 0) is 9.59 Å². The van der Waals surface area contributed by atoms with Crippen LogP contribution < -0.4 is 5.32 Å². The van der Waals surface area contributed by atoms with Crippen molar-refractivity contribution >= 4 is 58.4 Å². The van der Waals surface area contributed by atoms with E-state index in [4.69, 9.17) is 23.2 Å². The fourth-order valence-electron chi connectivity index (χ4n) is 5.70. The van der Waals surface area contributed by atoms with Gasteiger partial charge >= 0.3 is 5.51 Å². The largest absolute Gasteiger partial charge is 0.442 e. The van der Waals surface area contributed by atoms with E-state index in [0.717, 1.165) is 31.5 Å². The number of piperidine rings is 1. The first-order valence-corrected chi connectivity index (χ1v) is 16.7. The van der Waals surface area contributed by atoms with Gasteiger partial charge in [-0.25, -0.2) is 4.39 Å². The lowest BCUT2D eigenvalue weighted by Gasteiger charge is -2.47. The Hall–Kier alpha value is -2.74. The maximum absolute atomic E-state index is 13.0. The van der Waals surface area contributed by atoms with Gasteiger partial charge in [-0.1, -0.05) is 35.3 Å². The number of carbonyl (C=O) groups excluding carboxylic acids is 3. The van der Waals surface area contributed by atoms with Crippen LogP contribution in [0.5, 0.6) is 0 Å². The lowest BCUT2D eigenvalue weighted by atomic mass is 9.97. The zero-order chi connectivity index (χ0) is 33.6. The maximum Gasteiger partial charge on any atom is 0.442 e. The molecule has 46 heavy (non-hydrogen) atoms. The third-order valence-electron chi connectivity index (χ3n) is 8.22. The standard InChI is InChI=1S/C24H30Cl2F3N5O3S.C7H7F/c1-15(35)31-6-8-33(9-7-31)23(37)22-19(25)10-16(11-20(22)26)30-17-12-34(13-17)18-2-4-32(5-3-18)21(36)14-38-24(27,28)29;1-6-3-2-4-7(8)5-6/h10-11,17-18,30H,2-9,12-14H2,1H3;2-5H,1H3. The van der Waals surface area contributed by atoms with Gasteiger partial charge in [-0.2, -0.15) is 13.2 Å². The van der Waals surface area contributed by atoms with Crippen LogP contribution in [0.25, 0.3) is 0 Å². The Morgan fingerprint density at radius 1 is 0.913 bits per heavy atom. The summed E-state index contributed by atoms with van der Waals surface area (Å²) in [5, 5.41) is 3.92. The van der Waals surface area contributed by atoms with Gasteiger partial charge < -0.3 is 20.0 Å².